The zero-order chi connectivity index (χ0) is 10.8. The number of aryl methyl sites for hydroxylation is 1. The van der Waals surface area contributed by atoms with E-state index in [1.165, 1.54) is 6.20 Å². The molecule has 0 amide bonds. The van der Waals surface area contributed by atoms with Crippen LogP contribution in [-0.2, 0) is 0 Å². The zero-order valence-electron chi connectivity index (χ0n) is 8.06. The minimum Gasteiger partial charge on any atom is -0.476 e. The van der Waals surface area contributed by atoms with Crippen LogP contribution in [0.15, 0.2) is 24.4 Å². The van der Waals surface area contributed by atoms with Crippen molar-refractivity contribution in [2.75, 3.05) is 0 Å². The van der Waals surface area contributed by atoms with Crippen LogP contribution < -0.4 is 0 Å². The van der Waals surface area contributed by atoms with E-state index in [9.17, 15) is 4.79 Å². The first-order valence-electron chi connectivity index (χ1n) is 4.39. The van der Waals surface area contributed by atoms with Crippen LogP contribution in [0.1, 0.15) is 16.2 Å². The van der Waals surface area contributed by atoms with Crippen LogP contribution in [0.3, 0.4) is 0 Å². The first-order valence-corrected chi connectivity index (χ1v) is 4.39. The molecule has 76 valence electrons. The molecule has 2 aromatic heterocycles. The molecule has 2 heterocycles. The maximum Gasteiger partial charge on any atom is 0.355 e. The monoisotopic (exact) mass is 203 g/mol. The molecule has 0 aliphatic rings. The Kier molecular flexibility index (Phi) is 2.21. The van der Waals surface area contributed by atoms with Crippen LogP contribution in [0.25, 0.3) is 11.3 Å². The molecule has 0 atom stereocenters. The first kappa shape index (κ1) is 9.39. The Morgan fingerprint density at radius 3 is 2.93 bits per heavy atom. The van der Waals surface area contributed by atoms with Gasteiger partial charge in [0, 0.05) is 17.5 Å². The Labute approximate surface area is 85.8 Å². The molecule has 0 aromatic carbocycles. The number of H-pyrrole nitrogens is 1. The van der Waals surface area contributed by atoms with Gasteiger partial charge in [-0.2, -0.15) is 5.10 Å². The summed E-state index contributed by atoms with van der Waals surface area (Å²) in [6.45, 7) is 1.85. The van der Waals surface area contributed by atoms with Gasteiger partial charge < -0.3 is 5.11 Å². The van der Waals surface area contributed by atoms with Crippen molar-refractivity contribution in [1.29, 1.82) is 0 Å². The van der Waals surface area contributed by atoms with Crippen LogP contribution in [0.5, 0.6) is 0 Å². The van der Waals surface area contributed by atoms with E-state index in [0.717, 1.165) is 5.69 Å². The number of aromatic amines is 1. The van der Waals surface area contributed by atoms with E-state index in [-0.39, 0.29) is 5.69 Å². The van der Waals surface area contributed by atoms with Gasteiger partial charge in [0.15, 0.2) is 5.69 Å². The van der Waals surface area contributed by atoms with Gasteiger partial charge in [0.25, 0.3) is 0 Å². The molecule has 5 nitrogen and oxygen atoms in total. The normalized spacial score (nSPS) is 10.2. The summed E-state index contributed by atoms with van der Waals surface area (Å²) in [6, 6.07) is 5.15. The van der Waals surface area contributed by atoms with E-state index in [1.54, 1.807) is 18.2 Å². The summed E-state index contributed by atoms with van der Waals surface area (Å²) in [6.07, 6.45) is 1.45. The van der Waals surface area contributed by atoms with Gasteiger partial charge in [-0.1, -0.05) is 0 Å². The summed E-state index contributed by atoms with van der Waals surface area (Å²) in [7, 11) is 0. The molecule has 2 aromatic rings. The molecule has 5 heteroatoms. The molecule has 2 N–H and O–H groups in total. The van der Waals surface area contributed by atoms with Crippen LogP contribution in [0.2, 0.25) is 0 Å². The average molecular weight is 203 g/mol. The molecule has 0 bridgehead atoms. The number of nitrogens with one attached hydrogen (secondary N) is 1. The van der Waals surface area contributed by atoms with Crippen molar-refractivity contribution in [3.63, 3.8) is 0 Å². The van der Waals surface area contributed by atoms with Gasteiger partial charge >= 0.3 is 5.97 Å². The summed E-state index contributed by atoms with van der Waals surface area (Å²) >= 11 is 0. The molecular formula is C10H9N3O2. The van der Waals surface area contributed by atoms with Gasteiger partial charge in [0.1, 0.15) is 0 Å². The van der Waals surface area contributed by atoms with Crippen molar-refractivity contribution in [1.82, 2.24) is 15.2 Å². The van der Waals surface area contributed by atoms with E-state index in [2.05, 4.69) is 15.2 Å². The molecule has 0 saturated carbocycles. The van der Waals surface area contributed by atoms with Crippen LogP contribution in [-0.4, -0.2) is 26.3 Å². The highest BCUT2D eigenvalue weighted by molar-refractivity contribution is 5.93. The van der Waals surface area contributed by atoms with Gasteiger partial charge in [0.2, 0.25) is 0 Å². The van der Waals surface area contributed by atoms with Crippen LogP contribution in [0.4, 0.5) is 0 Å². The zero-order valence-corrected chi connectivity index (χ0v) is 8.06. The molecule has 0 aliphatic carbocycles. The predicted octanol–water partition coefficient (Wildman–Crippen LogP) is 1.48. The Balaban J connectivity index is 2.57. The maximum atomic E-state index is 10.9. The molecule has 15 heavy (non-hydrogen) atoms. The van der Waals surface area contributed by atoms with Gasteiger partial charge in [0.05, 0.1) is 5.69 Å². The molecule has 2 rings (SSSR count). The lowest BCUT2D eigenvalue weighted by Crippen LogP contribution is -2.02. The molecule has 0 aliphatic heterocycles. The number of rotatable bonds is 2. The Bertz CT molecular complexity index is 505. The number of aromatic nitrogens is 3. The summed E-state index contributed by atoms with van der Waals surface area (Å²) in [4.78, 5) is 14.7. The number of carboxylic acids is 1. The van der Waals surface area contributed by atoms with Gasteiger partial charge in [-0.25, -0.2) is 9.78 Å². The molecule has 0 saturated heterocycles. The van der Waals surface area contributed by atoms with Crippen molar-refractivity contribution in [2.45, 2.75) is 6.92 Å². The lowest BCUT2D eigenvalue weighted by molar-refractivity contribution is 0.0691. The highest BCUT2D eigenvalue weighted by Gasteiger charge is 2.14. The fourth-order valence-electron chi connectivity index (χ4n) is 1.34. The quantitative estimate of drug-likeness (QED) is 0.774. The van der Waals surface area contributed by atoms with Crippen LogP contribution >= 0.6 is 0 Å². The number of aromatic carboxylic acids is 1. The second kappa shape index (κ2) is 3.53. The first-order chi connectivity index (χ1) is 7.18. The third-order valence-electron chi connectivity index (χ3n) is 1.99. The lowest BCUT2D eigenvalue weighted by Gasteiger charge is -1.99. The van der Waals surface area contributed by atoms with E-state index >= 15 is 0 Å². The molecule has 0 spiro atoms. The number of hydrogen-bond acceptors (Lipinski definition) is 3. The second-order valence-electron chi connectivity index (χ2n) is 3.14. The SMILES string of the molecule is Cc1cc(-c2cccnc2C(=O)O)n[nH]1. The standard InChI is InChI=1S/C10H9N3O2/c1-6-5-8(13-12-6)7-3-2-4-11-9(7)10(14)15/h2-5H,1H3,(H,12,13)(H,14,15). The minimum absolute atomic E-state index is 0.0176. The van der Waals surface area contributed by atoms with Gasteiger partial charge in [-0.05, 0) is 25.1 Å². The molecule has 0 unspecified atom stereocenters. The van der Waals surface area contributed by atoms with Crippen molar-refractivity contribution in [3.05, 3.63) is 35.8 Å². The van der Waals surface area contributed by atoms with Crippen molar-refractivity contribution < 1.29 is 9.90 Å². The number of nitrogens with zero attached hydrogens (tertiary/aromatic N) is 2. The van der Waals surface area contributed by atoms with Crippen LogP contribution in [0, 0.1) is 6.92 Å². The van der Waals surface area contributed by atoms with E-state index in [0.29, 0.717) is 11.3 Å². The Morgan fingerprint density at radius 1 is 1.53 bits per heavy atom. The third-order valence-corrected chi connectivity index (χ3v) is 1.99. The summed E-state index contributed by atoms with van der Waals surface area (Å²) in [5.74, 6) is -1.05. The van der Waals surface area contributed by atoms with Gasteiger partial charge in [-0.15, -0.1) is 0 Å². The largest absolute Gasteiger partial charge is 0.476 e. The summed E-state index contributed by atoms with van der Waals surface area (Å²) < 4.78 is 0. The van der Waals surface area contributed by atoms with E-state index in [1.807, 2.05) is 6.92 Å². The Morgan fingerprint density at radius 2 is 2.33 bits per heavy atom. The number of carboxylic acid groups (broad SMARTS) is 1. The minimum atomic E-state index is -1.05. The van der Waals surface area contributed by atoms with Crippen molar-refractivity contribution in [2.24, 2.45) is 0 Å². The van der Waals surface area contributed by atoms with E-state index in [4.69, 9.17) is 5.11 Å². The number of hydrogen-bond donors (Lipinski definition) is 2. The fourth-order valence-corrected chi connectivity index (χ4v) is 1.34. The molecule has 0 fully saturated rings. The fraction of sp³-hybridized carbons (Fsp3) is 0.100. The van der Waals surface area contributed by atoms with Crippen molar-refractivity contribution >= 4 is 5.97 Å². The number of carbonyl (C=O) groups is 1. The highest BCUT2D eigenvalue weighted by Crippen LogP contribution is 2.20. The lowest BCUT2D eigenvalue weighted by atomic mass is 10.1. The predicted molar refractivity (Wildman–Crippen MR) is 53.5 cm³/mol. The smallest absolute Gasteiger partial charge is 0.355 e. The molecular weight excluding hydrogens is 194 g/mol. The topological polar surface area (TPSA) is 78.9 Å². The maximum absolute atomic E-state index is 10.9. The van der Waals surface area contributed by atoms with Crippen molar-refractivity contribution in [3.8, 4) is 11.3 Å². The highest BCUT2D eigenvalue weighted by atomic mass is 16.4. The Hall–Kier alpha value is -2.17. The third kappa shape index (κ3) is 1.71. The summed E-state index contributed by atoms with van der Waals surface area (Å²) in [5, 5.41) is 15.7. The van der Waals surface area contributed by atoms with Gasteiger partial charge in [-0.3, -0.25) is 5.10 Å². The number of pyridine rings is 1. The average Bonchev–Trinajstić information content (AvgIpc) is 2.65. The second-order valence-corrected chi connectivity index (χ2v) is 3.14. The molecule has 0 radical (unpaired) electrons. The summed E-state index contributed by atoms with van der Waals surface area (Å²) in [5.41, 5.74) is 2.02. The van der Waals surface area contributed by atoms with E-state index < -0.39 is 5.97 Å².